The summed E-state index contributed by atoms with van der Waals surface area (Å²) >= 11 is 4.99. The Hall–Kier alpha value is -3.68. The van der Waals surface area contributed by atoms with Gasteiger partial charge in [-0.3, -0.25) is 4.79 Å². The number of hydrazone groups is 2. The monoisotopic (exact) mass is 566 g/mol. The predicted octanol–water partition coefficient (Wildman–Crippen LogP) is 7.64. The third-order valence-corrected chi connectivity index (χ3v) is 8.29. The zero-order valence-corrected chi connectivity index (χ0v) is 22.5. The van der Waals surface area contributed by atoms with Crippen LogP contribution in [0.3, 0.4) is 0 Å². The third kappa shape index (κ3) is 3.99. The number of para-hydroxylation sites is 1. The molecule has 4 aromatic carbocycles. The van der Waals surface area contributed by atoms with E-state index in [0.29, 0.717) is 10.6 Å². The first-order chi connectivity index (χ1) is 18.1. The lowest BCUT2D eigenvalue weighted by atomic mass is 9.96. The molecule has 0 amide bonds. The zero-order chi connectivity index (χ0) is 25.4. The van der Waals surface area contributed by atoms with Gasteiger partial charge >= 0.3 is 0 Å². The highest BCUT2D eigenvalue weighted by molar-refractivity contribution is 9.10. The largest absolute Gasteiger partial charge is 0.286 e. The molecule has 2 aliphatic heterocycles. The molecule has 5 nitrogen and oxygen atoms in total. The lowest BCUT2D eigenvalue weighted by molar-refractivity contribution is 0.106. The van der Waals surface area contributed by atoms with E-state index < -0.39 is 4.99 Å². The molecule has 6 rings (SSSR count). The molecule has 0 saturated heterocycles. The number of fused-ring (bicyclic) bond motifs is 2. The Balaban J connectivity index is 1.61. The molecular formula is C30H23BrN4OS. The van der Waals surface area contributed by atoms with Gasteiger partial charge in [0, 0.05) is 21.2 Å². The van der Waals surface area contributed by atoms with E-state index in [1.54, 1.807) is 0 Å². The molecule has 2 heterocycles. The molecule has 1 atom stereocenters. The summed E-state index contributed by atoms with van der Waals surface area (Å²) in [4.78, 5) is 12.8. The highest BCUT2D eigenvalue weighted by Crippen LogP contribution is 2.55. The number of rotatable bonds is 5. The molecule has 0 N–H and O–H groups in total. The summed E-state index contributed by atoms with van der Waals surface area (Å²) in [7, 11) is 0. The minimum absolute atomic E-state index is 0.111. The quantitative estimate of drug-likeness (QED) is 0.233. The van der Waals surface area contributed by atoms with Crippen molar-refractivity contribution >= 4 is 55.6 Å². The summed E-state index contributed by atoms with van der Waals surface area (Å²) in [5, 5.41) is 14.6. The standard InChI is InChI=1S/C30H23BrN4OS/c1-2-27-25-15-9-10-16-26(25)30(34(32-27)23-13-7-4-8-14-23)35(24-19-17-22(31)18-20-24)33-29(37-30)28(36)21-11-5-3-6-12-21/h3-20H,2H2,1H3/t30-/m0/s1. The summed E-state index contributed by atoms with van der Waals surface area (Å²) in [5.74, 6) is -0.111. The number of nitrogens with zero attached hydrogens (tertiary/aromatic N) is 4. The van der Waals surface area contributed by atoms with Crippen molar-refractivity contribution in [3.63, 3.8) is 0 Å². The fourth-order valence-corrected chi connectivity index (χ4v) is 6.34. The molecule has 0 fully saturated rings. The minimum atomic E-state index is -0.940. The normalized spacial score (nSPS) is 18.4. The topological polar surface area (TPSA) is 48.3 Å². The maximum atomic E-state index is 13.7. The van der Waals surface area contributed by atoms with Crippen molar-refractivity contribution in [2.45, 2.75) is 18.3 Å². The number of hydrogen-bond donors (Lipinski definition) is 0. The average Bonchev–Trinajstić information content (AvgIpc) is 3.35. The van der Waals surface area contributed by atoms with Gasteiger partial charge < -0.3 is 0 Å². The van der Waals surface area contributed by atoms with Crippen LogP contribution in [0.25, 0.3) is 0 Å². The van der Waals surface area contributed by atoms with Crippen molar-refractivity contribution in [3.05, 3.63) is 130 Å². The van der Waals surface area contributed by atoms with E-state index in [1.807, 2.05) is 107 Å². The number of halogens is 1. The molecular weight excluding hydrogens is 544 g/mol. The van der Waals surface area contributed by atoms with Gasteiger partial charge in [-0.2, -0.15) is 10.2 Å². The number of Topliss-reactive ketones (excluding diaryl/α,β-unsaturated/α-hetero) is 1. The zero-order valence-electron chi connectivity index (χ0n) is 20.1. The Morgan fingerprint density at radius 3 is 2.08 bits per heavy atom. The van der Waals surface area contributed by atoms with E-state index in [2.05, 4.69) is 35.0 Å². The molecule has 0 radical (unpaired) electrons. The van der Waals surface area contributed by atoms with Gasteiger partial charge in [0.25, 0.3) is 0 Å². The molecule has 1 spiro atoms. The van der Waals surface area contributed by atoms with E-state index in [9.17, 15) is 4.79 Å². The maximum Gasteiger partial charge on any atom is 0.234 e. The Bertz CT molecular complexity index is 1520. The van der Waals surface area contributed by atoms with Crippen LogP contribution < -0.4 is 10.0 Å². The fourth-order valence-electron chi connectivity index (χ4n) is 4.72. The summed E-state index contributed by atoms with van der Waals surface area (Å²) in [6.45, 7) is 2.12. The highest BCUT2D eigenvalue weighted by Gasteiger charge is 2.56. The van der Waals surface area contributed by atoms with Crippen molar-refractivity contribution in [2.24, 2.45) is 10.2 Å². The molecule has 2 aliphatic rings. The molecule has 182 valence electrons. The van der Waals surface area contributed by atoms with Crippen LogP contribution >= 0.6 is 27.7 Å². The van der Waals surface area contributed by atoms with Crippen LogP contribution in [0.5, 0.6) is 0 Å². The molecule has 0 aromatic heterocycles. The molecule has 0 aliphatic carbocycles. The molecule has 0 saturated carbocycles. The third-order valence-electron chi connectivity index (χ3n) is 6.45. The minimum Gasteiger partial charge on any atom is -0.286 e. The Morgan fingerprint density at radius 2 is 1.38 bits per heavy atom. The van der Waals surface area contributed by atoms with Crippen LogP contribution in [-0.2, 0) is 4.99 Å². The lowest BCUT2D eigenvalue weighted by Crippen LogP contribution is -2.53. The first kappa shape index (κ1) is 23.7. The van der Waals surface area contributed by atoms with Crippen LogP contribution in [0.2, 0.25) is 0 Å². The molecule has 4 aromatic rings. The number of ketones is 1. The summed E-state index contributed by atoms with van der Waals surface area (Å²) < 4.78 is 0.969. The smallest absolute Gasteiger partial charge is 0.234 e. The van der Waals surface area contributed by atoms with E-state index in [4.69, 9.17) is 10.2 Å². The molecule has 0 unspecified atom stereocenters. The maximum absolute atomic E-state index is 13.7. The molecule has 37 heavy (non-hydrogen) atoms. The number of carbonyl (C=O) groups is 1. The van der Waals surface area contributed by atoms with E-state index >= 15 is 0 Å². The van der Waals surface area contributed by atoms with Crippen LogP contribution in [-0.4, -0.2) is 16.5 Å². The van der Waals surface area contributed by atoms with Gasteiger partial charge in [0.05, 0.1) is 17.1 Å². The van der Waals surface area contributed by atoms with E-state index in [0.717, 1.165) is 39.1 Å². The second-order valence-corrected chi connectivity index (χ2v) is 10.8. The van der Waals surface area contributed by atoms with Crippen molar-refractivity contribution in [2.75, 3.05) is 10.0 Å². The second-order valence-electron chi connectivity index (χ2n) is 8.69. The van der Waals surface area contributed by atoms with E-state index in [-0.39, 0.29) is 5.78 Å². The summed E-state index contributed by atoms with van der Waals surface area (Å²) in [5.41, 5.74) is 5.48. The number of thioether (sulfide) groups is 1. The first-order valence-electron chi connectivity index (χ1n) is 12.1. The fraction of sp³-hybridized carbons (Fsp3) is 0.100. The molecule has 0 bridgehead atoms. The summed E-state index contributed by atoms with van der Waals surface area (Å²) in [6.07, 6.45) is 0.774. The van der Waals surface area contributed by atoms with Crippen molar-refractivity contribution in [1.82, 2.24) is 0 Å². The van der Waals surface area contributed by atoms with Crippen LogP contribution in [0.1, 0.15) is 34.8 Å². The number of benzene rings is 4. The van der Waals surface area contributed by atoms with Crippen LogP contribution in [0.15, 0.2) is 124 Å². The number of hydrogen-bond acceptors (Lipinski definition) is 6. The lowest BCUT2D eigenvalue weighted by Gasteiger charge is -2.47. The second kappa shape index (κ2) is 9.65. The summed E-state index contributed by atoms with van der Waals surface area (Å²) in [6, 6.07) is 35.7. The van der Waals surface area contributed by atoms with Gasteiger partial charge in [-0.25, -0.2) is 10.0 Å². The Labute approximate surface area is 228 Å². The van der Waals surface area contributed by atoms with Gasteiger partial charge in [0.15, 0.2) is 5.04 Å². The highest BCUT2D eigenvalue weighted by atomic mass is 79.9. The van der Waals surface area contributed by atoms with Crippen molar-refractivity contribution in [1.29, 1.82) is 0 Å². The predicted molar refractivity (Wildman–Crippen MR) is 156 cm³/mol. The SMILES string of the molecule is CCC1=NN(c2ccccc2)[C@@]2(SC(C(=O)c3ccccc3)=NN2c2ccc(Br)cc2)c2ccccc21. The Kier molecular flexibility index (Phi) is 6.18. The van der Waals surface area contributed by atoms with E-state index in [1.165, 1.54) is 11.8 Å². The molecule has 7 heteroatoms. The van der Waals surface area contributed by atoms with Gasteiger partial charge in [0.2, 0.25) is 10.8 Å². The number of carbonyl (C=O) groups excluding carboxylic acids is 1. The number of anilines is 2. The van der Waals surface area contributed by atoms with Gasteiger partial charge in [0.1, 0.15) is 0 Å². The van der Waals surface area contributed by atoms with Crippen LogP contribution in [0.4, 0.5) is 11.4 Å². The van der Waals surface area contributed by atoms with Gasteiger partial charge in [-0.1, -0.05) is 95.7 Å². The van der Waals surface area contributed by atoms with Crippen molar-refractivity contribution in [3.8, 4) is 0 Å². The average molecular weight is 568 g/mol. The van der Waals surface area contributed by atoms with Gasteiger partial charge in [-0.15, -0.1) is 0 Å². The van der Waals surface area contributed by atoms with Gasteiger partial charge in [-0.05, 0) is 54.6 Å². The Morgan fingerprint density at radius 1 is 0.784 bits per heavy atom. The van der Waals surface area contributed by atoms with Crippen LogP contribution in [0, 0.1) is 0 Å². The first-order valence-corrected chi connectivity index (χ1v) is 13.7. The van der Waals surface area contributed by atoms with Crippen molar-refractivity contribution < 1.29 is 4.79 Å².